The van der Waals surface area contributed by atoms with Gasteiger partial charge in [0, 0.05) is 24.7 Å². The number of aliphatic hydroxyl groups is 1. The summed E-state index contributed by atoms with van der Waals surface area (Å²) in [4.78, 5) is 11.7. The minimum Gasteiger partial charge on any atom is -0.484 e. The van der Waals surface area contributed by atoms with Crippen LogP contribution in [0.2, 0.25) is 5.02 Å². The molecule has 1 amide bonds. The second-order valence-electron chi connectivity index (χ2n) is 5.22. The predicted octanol–water partition coefficient (Wildman–Crippen LogP) is 2.16. The minimum absolute atomic E-state index is 0.0473. The molecule has 0 spiro atoms. The summed E-state index contributed by atoms with van der Waals surface area (Å²) in [6, 6.07) is 16.3. The highest BCUT2D eigenvalue weighted by atomic mass is 35.5. The van der Waals surface area contributed by atoms with Crippen LogP contribution >= 0.6 is 11.6 Å². The van der Waals surface area contributed by atoms with Gasteiger partial charge in [-0.1, -0.05) is 41.9 Å². The van der Waals surface area contributed by atoms with Crippen LogP contribution < -0.4 is 15.4 Å². The molecule has 2 aromatic carbocycles. The van der Waals surface area contributed by atoms with Crippen molar-refractivity contribution in [3.8, 4) is 5.75 Å². The van der Waals surface area contributed by atoms with Gasteiger partial charge in [-0.15, -0.1) is 0 Å². The van der Waals surface area contributed by atoms with Crippen molar-refractivity contribution < 1.29 is 14.6 Å². The summed E-state index contributed by atoms with van der Waals surface area (Å²) in [6.07, 6.45) is -0.560. The maximum Gasteiger partial charge on any atom is 0.257 e. The predicted molar refractivity (Wildman–Crippen MR) is 94.2 cm³/mol. The van der Waals surface area contributed by atoms with Gasteiger partial charge in [0.1, 0.15) is 5.75 Å². The third-order valence-corrected chi connectivity index (χ3v) is 3.58. The van der Waals surface area contributed by atoms with Crippen LogP contribution in [0.1, 0.15) is 11.7 Å². The Kier molecular flexibility index (Phi) is 7.55. The maximum absolute atomic E-state index is 11.7. The number of nitrogens with one attached hydrogen (secondary N) is 2. The van der Waals surface area contributed by atoms with Gasteiger partial charge < -0.3 is 20.5 Å². The molecule has 0 aliphatic rings. The monoisotopic (exact) mass is 348 g/mol. The Morgan fingerprint density at radius 3 is 2.50 bits per heavy atom. The first-order valence-electron chi connectivity index (χ1n) is 7.74. The molecule has 0 saturated heterocycles. The molecule has 0 unspecified atom stereocenters. The van der Waals surface area contributed by atoms with Crippen molar-refractivity contribution in [3.63, 3.8) is 0 Å². The van der Waals surface area contributed by atoms with E-state index in [0.29, 0.717) is 30.4 Å². The van der Waals surface area contributed by atoms with Gasteiger partial charge in [0.25, 0.3) is 5.91 Å². The smallest absolute Gasteiger partial charge is 0.257 e. The molecule has 1 atom stereocenters. The third kappa shape index (κ3) is 6.58. The second kappa shape index (κ2) is 9.93. The first-order valence-corrected chi connectivity index (χ1v) is 8.12. The average molecular weight is 349 g/mol. The fourth-order valence-corrected chi connectivity index (χ4v) is 2.18. The summed E-state index contributed by atoms with van der Waals surface area (Å²) in [5.74, 6) is 0.397. The zero-order valence-corrected chi connectivity index (χ0v) is 14.0. The molecule has 3 N–H and O–H groups in total. The topological polar surface area (TPSA) is 70.6 Å². The molecule has 6 heteroatoms. The molecule has 5 nitrogen and oxygen atoms in total. The van der Waals surface area contributed by atoms with Crippen LogP contribution in [0, 0.1) is 0 Å². The lowest BCUT2D eigenvalue weighted by molar-refractivity contribution is -0.123. The Labute approximate surface area is 146 Å². The van der Waals surface area contributed by atoms with Gasteiger partial charge >= 0.3 is 0 Å². The van der Waals surface area contributed by atoms with Crippen LogP contribution in [-0.4, -0.2) is 37.3 Å². The van der Waals surface area contributed by atoms with E-state index < -0.39 is 6.10 Å². The van der Waals surface area contributed by atoms with Crippen LogP contribution in [0.5, 0.6) is 5.75 Å². The number of ether oxygens (including phenoxy) is 1. The number of hydrogen-bond donors (Lipinski definition) is 3. The molecular formula is C18H21ClN2O3. The van der Waals surface area contributed by atoms with E-state index in [1.54, 1.807) is 24.3 Å². The normalized spacial score (nSPS) is 11.8. The number of halogens is 1. The van der Waals surface area contributed by atoms with Crippen molar-refractivity contribution in [3.05, 3.63) is 65.2 Å². The molecule has 0 bridgehead atoms. The largest absolute Gasteiger partial charge is 0.484 e. The van der Waals surface area contributed by atoms with Gasteiger partial charge in [0.2, 0.25) is 0 Å². The molecule has 0 aromatic heterocycles. The number of carbonyl (C=O) groups excluding carboxylic acids is 1. The van der Waals surface area contributed by atoms with Gasteiger partial charge in [-0.2, -0.15) is 0 Å². The lowest BCUT2D eigenvalue weighted by Gasteiger charge is -2.12. The summed E-state index contributed by atoms with van der Waals surface area (Å²) in [6.45, 7) is 1.41. The molecule has 24 heavy (non-hydrogen) atoms. The highest BCUT2D eigenvalue weighted by Crippen LogP contribution is 2.15. The number of rotatable bonds is 9. The zero-order chi connectivity index (χ0) is 17.2. The Morgan fingerprint density at radius 2 is 1.79 bits per heavy atom. The van der Waals surface area contributed by atoms with Gasteiger partial charge in [0.15, 0.2) is 6.61 Å². The van der Waals surface area contributed by atoms with E-state index in [-0.39, 0.29) is 12.5 Å². The molecule has 2 rings (SSSR count). The lowest BCUT2D eigenvalue weighted by Crippen LogP contribution is -2.35. The van der Waals surface area contributed by atoms with E-state index in [1.807, 2.05) is 30.3 Å². The van der Waals surface area contributed by atoms with Crippen LogP contribution in [0.3, 0.4) is 0 Å². The van der Waals surface area contributed by atoms with Crippen LogP contribution in [0.4, 0.5) is 0 Å². The van der Waals surface area contributed by atoms with E-state index in [9.17, 15) is 9.90 Å². The second-order valence-corrected chi connectivity index (χ2v) is 5.66. The Hall–Kier alpha value is -2.08. The van der Waals surface area contributed by atoms with Crippen molar-refractivity contribution in [1.82, 2.24) is 10.6 Å². The fraction of sp³-hybridized carbons (Fsp3) is 0.278. The Balaban J connectivity index is 1.55. The highest BCUT2D eigenvalue weighted by molar-refractivity contribution is 6.30. The van der Waals surface area contributed by atoms with E-state index >= 15 is 0 Å². The molecule has 0 aliphatic heterocycles. The average Bonchev–Trinajstić information content (AvgIpc) is 2.61. The van der Waals surface area contributed by atoms with Crippen molar-refractivity contribution in [2.24, 2.45) is 0 Å². The SMILES string of the molecule is O=C(COc1ccc(Cl)cc1)NCCNC[C@@H](O)c1ccccc1. The molecule has 0 saturated carbocycles. The summed E-state index contributed by atoms with van der Waals surface area (Å²) < 4.78 is 5.34. The van der Waals surface area contributed by atoms with Crippen molar-refractivity contribution >= 4 is 17.5 Å². The highest BCUT2D eigenvalue weighted by Gasteiger charge is 2.06. The minimum atomic E-state index is -0.560. The number of carbonyl (C=O) groups is 1. The fourth-order valence-electron chi connectivity index (χ4n) is 2.05. The maximum atomic E-state index is 11.7. The zero-order valence-electron chi connectivity index (χ0n) is 13.2. The van der Waals surface area contributed by atoms with Crippen LogP contribution in [0.15, 0.2) is 54.6 Å². The van der Waals surface area contributed by atoms with Gasteiger partial charge in [-0.05, 0) is 29.8 Å². The molecule has 0 radical (unpaired) electrons. The summed E-state index contributed by atoms with van der Waals surface area (Å²) in [5, 5.41) is 16.4. The van der Waals surface area contributed by atoms with Gasteiger partial charge in [0.05, 0.1) is 6.10 Å². The Bertz CT molecular complexity index is 620. The lowest BCUT2D eigenvalue weighted by atomic mass is 10.1. The number of benzene rings is 2. The van der Waals surface area contributed by atoms with E-state index in [2.05, 4.69) is 10.6 Å². The molecule has 0 fully saturated rings. The molecule has 128 valence electrons. The van der Waals surface area contributed by atoms with E-state index in [1.165, 1.54) is 0 Å². The first-order chi connectivity index (χ1) is 11.6. The molecular weight excluding hydrogens is 328 g/mol. The number of aliphatic hydroxyl groups excluding tert-OH is 1. The number of amides is 1. The third-order valence-electron chi connectivity index (χ3n) is 3.33. The van der Waals surface area contributed by atoms with Crippen molar-refractivity contribution in [2.75, 3.05) is 26.2 Å². The van der Waals surface area contributed by atoms with Crippen molar-refractivity contribution in [1.29, 1.82) is 0 Å². The molecule has 0 heterocycles. The van der Waals surface area contributed by atoms with Crippen LogP contribution in [0.25, 0.3) is 0 Å². The van der Waals surface area contributed by atoms with Crippen LogP contribution in [-0.2, 0) is 4.79 Å². The quantitative estimate of drug-likeness (QED) is 0.607. The number of hydrogen-bond acceptors (Lipinski definition) is 4. The van der Waals surface area contributed by atoms with Crippen molar-refractivity contribution in [2.45, 2.75) is 6.10 Å². The standard InChI is InChI=1S/C18H21ClN2O3/c19-15-6-8-16(9-7-15)24-13-18(23)21-11-10-20-12-17(22)14-4-2-1-3-5-14/h1-9,17,20,22H,10-13H2,(H,21,23)/t17-/m1/s1. The first kappa shape index (κ1) is 18.3. The molecule has 0 aliphatic carbocycles. The summed E-state index contributed by atoms with van der Waals surface area (Å²) >= 11 is 5.77. The van der Waals surface area contributed by atoms with E-state index in [4.69, 9.17) is 16.3 Å². The summed E-state index contributed by atoms with van der Waals surface area (Å²) in [7, 11) is 0. The van der Waals surface area contributed by atoms with E-state index in [0.717, 1.165) is 5.56 Å². The Morgan fingerprint density at radius 1 is 1.08 bits per heavy atom. The summed E-state index contributed by atoms with van der Waals surface area (Å²) in [5.41, 5.74) is 0.866. The van der Waals surface area contributed by atoms with Gasteiger partial charge in [-0.3, -0.25) is 4.79 Å². The van der Waals surface area contributed by atoms with Gasteiger partial charge in [-0.25, -0.2) is 0 Å². The molecule has 2 aromatic rings.